The van der Waals surface area contributed by atoms with Crippen molar-refractivity contribution in [3.63, 3.8) is 0 Å². The molecule has 0 aliphatic rings. The number of benzene rings is 1. The Bertz CT molecular complexity index is 505. The lowest BCUT2D eigenvalue weighted by Gasteiger charge is -2.20. The minimum atomic E-state index is -0.477. The van der Waals surface area contributed by atoms with Crippen LogP contribution in [0.5, 0.6) is 0 Å². The number of anilines is 1. The minimum absolute atomic E-state index is 0.0205. The second-order valence-electron chi connectivity index (χ2n) is 4.48. The molecule has 1 amide bonds. The van der Waals surface area contributed by atoms with Crippen molar-refractivity contribution in [1.82, 2.24) is 4.90 Å². The molecule has 0 saturated heterocycles. The zero-order valence-corrected chi connectivity index (χ0v) is 12.3. The van der Waals surface area contributed by atoms with E-state index in [1.165, 1.54) is 18.2 Å². The topological polar surface area (TPSA) is 95.7 Å². The van der Waals surface area contributed by atoms with Gasteiger partial charge in [0.25, 0.3) is 11.6 Å². The summed E-state index contributed by atoms with van der Waals surface area (Å²) in [5.74, 6) is -0.194. The molecule has 2 N–H and O–H groups in total. The predicted molar refractivity (Wildman–Crippen MR) is 80.5 cm³/mol. The van der Waals surface area contributed by atoms with E-state index in [2.05, 4.69) is 5.32 Å². The number of carbonyl (C=O) groups excluding carboxylic acids is 1. The lowest BCUT2D eigenvalue weighted by molar-refractivity contribution is -0.384. The Labute approximate surface area is 123 Å². The van der Waals surface area contributed by atoms with Crippen LogP contribution < -0.4 is 5.32 Å². The first kappa shape index (κ1) is 16.9. The number of nitrogens with zero attached hydrogens (tertiary/aromatic N) is 2. The smallest absolute Gasteiger partial charge is 0.292 e. The molecule has 0 aliphatic heterocycles. The van der Waals surface area contributed by atoms with Crippen LogP contribution in [0.4, 0.5) is 11.4 Å². The van der Waals surface area contributed by atoms with Crippen LogP contribution in [0.2, 0.25) is 0 Å². The van der Waals surface area contributed by atoms with Crippen LogP contribution in [0.3, 0.4) is 0 Å². The molecule has 0 heterocycles. The number of aliphatic hydroxyl groups is 1. The Balaban J connectivity index is 3.03. The molecule has 0 radical (unpaired) electrons. The Morgan fingerprint density at radius 1 is 1.43 bits per heavy atom. The van der Waals surface area contributed by atoms with Crippen molar-refractivity contribution in [3.8, 4) is 0 Å². The van der Waals surface area contributed by atoms with E-state index in [-0.39, 0.29) is 18.2 Å². The fraction of sp³-hybridized carbons (Fsp3) is 0.500. The lowest BCUT2D eigenvalue weighted by atomic mass is 10.1. The lowest BCUT2D eigenvalue weighted by Crippen LogP contribution is -2.32. The van der Waals surface area contributed by atoms with Gasteiger partial charge in [0, 0.05) is 37.9 Å². The standard InChI is InChI=1S/C14H21N3O4/c1-3-15-12-10-11(6-7-13(12)17(20)21)14(19)16(4-2)8-5-9-18/h6-7,10,15,18H,3-5,8-9H2,1-2H3. The van der Waals surface area contributed by atoms with E-state index in [1.54, 1.807) is 4.90 Å². The van der Waals surface area contributed by atoms with E-state index >= 15 is 0 Å². The predicted octanol–water partition coefficient (Wildman–Crippen LogP) is 1.87. The van der Waals surface area contributed by atoms with E-state index < -0.39 is 4.92 Å². The average Bonchev–Trinajstić information content (AvgIpc) is 2.47. The Kier molecular flexibility index (Phi) is 6.61. The van der Waals surface area contributed by atoms with E-state index in [4.69, 9.17) is 5.11 Å². The molecule has 21 heavy (non-hydrogen) atoms. The number of rotatable bonds is 8. The van der Waals surface area contributed by atoms with Gasteiger partial charge in [-0.25, -0.2) is 0 Å². The summed E-state index contributed by atoms with van der Waals surface area (Å²) in [5.41, 5.74) is 0.690. The zero-order valence-electron chi connectivity index (χ0n) is 12.3. The third-order valence-electron chi connectivity index (χ3n) is 3.06. The molecule has 7 nitrogen and oxygen atoms in total. The SMILES string of the molecule is CCNc1cc(C(=O)N(CC)CCCO)ccc1[N+](=O)[O-]. The summed E-state index contributed by atoms with van der Waals surface area (Å²) in [6, 6.07) is 4.31. The van der Waals surface area contributed by atoms with Crippen LogP contribution in [0.15, 0.2) is 18.2 Å². The number of nitro benzene ring substituents is 1. The molecule has 116 valence electrons. The molecule has 1 aromatic carbocycles. The van der Waals surface area contributed by atoms with Gasteiger partial charge in [0.15, 0.2) is 0 Å². The maximum Gasteiger partial charge on any atom is 0.292 e. The van der Waals surface area contributed by atoms with Crippen LogP contribution in [0.25, 0.3) is 0 Å². The maximum absolute atomic E-state index is 12.4. The molecule has 0 aromatic heterocycles. The van der Waals surface area contributed by atoms with Gasteiger partial charge >= 0.3 is 0 Å². The summed E-state index contributed by atoms with van der Waals surface area (Å²) >= 11 is 0. The highest BCUT2D eigenvalue weighted by Crippen LogP contribution is 2.26. The molecule has 0 fully saturated rings. The Morgan fingerprint density at radius 3 is 2.67 bits per heavy atom. The summed E-state index contributed by atoms with van der Waals surface area (Å²) in [4.78, 5) is 24.4. The number of carbonyl (C=O) groups is 1. The molecule has 0 spiro atoms. The molecule has 0 unspecified atom stereocenters. The van der Waals surface area contributed by atoms with Gasteiger partial charge < -0.3 is 15.3 Å². The molecule has 0 atom stereocenters. The van der Waals surface area contributed by atoms with Crippen molar-refractivity contribution in [2.45, 2.75) is 20.3 Å². The summed E-state index contributed by atoms with van der Waals surface area (Å²) < 4.78 is 0. The highest BCUT2D eigenvalue weighted by Gasteiger charge is 2.19. The van der Waals surface area contributed by atoms with Gasteiger partial charge in [-0.2, -0.15) is 0 Å². The molecule has 0 saturated carbocycles. The number of amides is 1. The third kappa shape index (κ3) is 4.42. The van der Waals surface area contributed by atoms with Gasteiger partial charge in [0.1, 0.15) is 5.69 Å². The minimum Gasteiger partial charge on any atom is -0.396 e. The zero-order chi connectivity index (χ0) is 15.8. The third-order valence-corrected chi connectivity index (χ3v) is 3.06. The molecular weight excluding hydrogens is 274 g/mol. The first-order valence-corrected chi connectivity index (χ1v) is 6.97. The van der Waals surface area contributed by atoms with E-state index in [9.17, 15) is 14.9 Å². The number of nitro groups is 1. The van der Waals surface area contributed by atoms with Crippen LogP contribution >= 0.6 is 0 Å². The quantitative estimate of drug-likeness (QED) is 0.564. The van der Waals surface area contributed by atoms with Crippen LogP contribution in [0, 0.1) is 10.1 Å². The molecule has 1 aromatic rings. The monoisotopic (exact) mass is 295 g/mol. The maximum atomic E-state index is 12.4. The van der Waals surface area contributed by atoms with Crippen molar-refractivity contribution in [2.24, 2.45) is 0 Å². The second kappa shape index (κ2) is 8.21. The van der Waals surface area contributed by atoms with Crippen LogP contribution in [-0.4, -0.2) is 47.1 Å². The van der Waals surface area contributed by atoms with Crippen molar-refractivity contribution < 1.29 is 14.8 Å². The number of aliphatic hydroxyl groups excluding tert-OH is 1. The highest BCUT2D eigenvalue weighted by atomic mass is 16.6. The van der Waals surface area contributed by atoms with E-state index in [0.717, 1.165) is 0 Å². The normalized spacial score (nSPS) is 10.2. The summed E-state index contributed by atoms with van der Waals surface area (Å²) in [6.07, 6.45) is 0.507. The van der Waals surface area contributed by atoms with Crippen LogP contribution in [-0.2, 0) is 0 Å². The number of nitrogens with one attached hydrogen (secondary N) is 1. The molecule has 0 aliphatic carbocycles. The fourth-order valence-corrected chi connectivity index (χ4v) is 2.01. The molecule has 0 bridgehead atoms. The van der Waals surface area contributed by atoms with Crippen molar-refractivity contribution in [3.05, 3.63) is 33.9 Å². The second-order valence-corrected chi connectivity index (χ2v) is 4.48. The Hall–Kier alpha value is -2.15. The number of hydrogen-bond acceptors (Lipinski definition) is 5. The first-order valence-electron chi connectivity index (χ1n) is 6.97. The van der Waals surface area contributed by atoms with Gasteiger partial charge in [0.05, 0.1) is 4.92 Å². The summed E-state index contributed by atoms with van der Waals surface area (Å²) in [7, 11) is 0. The van der Waals surface area contributed by atoms with E-state index in [1.807, 2.05) is 13.8 Å². The van der Waals surface area contributed by atoms with Crippen molar-refractivity contribution >= 4 is 17.3 Å². The van der Waals surface area contributed by atoms with Gasteiger partial charge in [0.2, 0.25) is 0 Å². The number of hydrogen-bond donors (Lipinski definition) is 2. The van der Waals surface area contributed by atoms with Gasteiger partial charge in [-0.3, -0.25) is 14.9 Å². The van der Waals surface area contributed by atoms with Crippen molar-refractivity contribution in [2.75, 3.05) is 31.6 Å². The Morgan fingerprint density at radius 2 is 2.14 bits per heavy atom. The molecule has 7 heteroatoms. The van der Waals surface area contributed by atoms with E-state index in [0.29, 0.717) is 37.3 Å². The average molecular weight is 295 g/mol. The molecule has 1 rings (SSSR count). The largest absolute Gasteiger partial charge is 0.396 e. The fourth-order valence-electron chi connectivity index (χ4n) is 2.01. The van der Waals surface area contributed by atoms with Crippen LogP contribution in [0.1, 0.15) is 30.6 Å². The van der Waals surface area contributed by atoms with Gasteiger partial charge in [-0.05, 0) is 32.4 Å². The molecular formula is C14H21N3O4. The summed E-state index contributed by atoms with van der Waals surface area (Å²) in [5, 5.41) is 22.7. The highest BCUT2D eigenvalue weighted by molar-refractivity contribution is 5.96. The van der Waals surface area contributed by atoms with Gasteiger partial charge in [-0.15, -0.1) is 0 Å². The van der Waals surface area contributed by atoms with Gasteiger partial charge in [-0.1, -0.05) is 0 Å². The van der Waals surface area contributed by atoms with Crippen molar-refractivity contribution in [1.29, 1.82) is 0 Å². The first-order chi connectivity index (χ1) is 10.0. The summed E-state index contributed by atoms with van der Waals surface area (Å²) in [6.45, 7) is 5.21.